The van der Waals surface area contributed by atoms with E-state index < -0.39 is 5.82 Å². The van der Waals surface area contributed by atoms with Gasteiger partial charge in [-0.25, -0.2) is 4.39 Å². The maximum Gasteiger partial charge on any atom is 0.146 e. The van der Waals surface area contributed by atoms with Crippen LogP contribution in [0, 0.1) is 24.3 Å². The van der Waals surface area contributed by atoms with E-state index in [1.165, 1.54) is 6.07 Å². The molecule has 0 fully saturated rings. The standard InChI is InChI=1S/C22H12Cl2FI2NO/c23-16-6-5-14(18(24)10-16)12-29-22-20(26)8-13(9-21(22)27)7-15(11-28)17-3-1-2-4-19(17)25/h1-10H,12H2/b15-7-. The fraction of sp³-hybridized carbons (Fsp3) is 0.0455. The molecule has 2 nitrogen and oxygen atoms in total. The molecular formula is C22H12Cl2FI2NO. The van der Waals surface area contributed by atoms with Crippen molar-refractivity contribution in [1.29, 1.82) is 5.26 Å². The molecule has 7 heteroatoms. The van der Waals surface area contributed by atoms with Crippen LogP contribution in [0.5, 0.6) is 5.75 Å². The van der Waals surface area contributed by atoms with Crippen molar-refractivity contribution in [1.82, 2.24) is 0 Å². The number of allylic oxidation sites excluding steroid dienone is 1. The van der Waals surface area contributed by atoms with E-state index in [0.29, 0.717) is 16.7 Å². The summed E-state index contributed by atoms with van der Waals surface area (Å²) < 4.78 is 21.8. The number of ether oxygens (including phenoxy) is 1. The number of nitriles is 1. The van der Waals surface area contributed by atoms with Crippen molar-refractivity contribution >= 4 is 80.0 Å². The zero-order valence-electron chi connectivity index (χ0n) is 14.7. The van der Waals surface area contributed by atoms with Crippen LogP contribution in [0.3, 0.4) is 0 Å². The molecule has 0 N–H and O–H groups in total. The minimum atomic E-state index is -0.426. The van der Waals surface area contributed by atoms with Crippen molar-refractivity contribution < 1.29 is 9.13 Å². The van der Waals surface area contributed by atoms with Crippen LogP contribution in [0.4, 0.5) is 4.39 Å². The fourth-order valence-corrected chi connectivity index (χ4v) is 5.20. The molecule has 0 spiro atoms. The summed E-state index contributed by atoms with van der Waals surface area (Å²) in [6.07, 6.45) is 1.67. The Labute approximate surface area is 205 Å². The first kappa shape index (κ1) is 22.3. The predicted molar refractivity (Wildman–Crippen MR) is 133 cm³/mol. The smallest absolute Gasteiger partial charge is 0.146 e. The highest BCUT2D eigenvalue weighted by molar-refractivity contribution is 14.1. The molecular weight excluding hydrogens is 638 g/mol. The van der Waals surface area contributed by atoms with Gasteiger partial charge < -0.3 is 4.74 Å². The Morgan fingerprint density at radius 3 is 2.38 bits per heavy atom. The number of hydrogen-bond acceptors (Lipinski definition) is 2. The summed E-state index contributed by atoms with van der Waals surface area (Å²) in [6, 6.07) is 17.4. The molecule has 0 saturated carbocycles. The lowest BCUT2D eigenvalue weighted by atomic mass is 10.0. The van der Waals surface area contributed by atoms with Gasteiger partial charge in [0.2, 0.25) is 0 Å². The normalized spacial score (nSPS) is 11.2. The largest absolute Gasteiger partial charge is 0.487 e. The predicted octanol–water partition coefficient (Wildman–Crippen LogP) is 7.98. The van der Waals surface area contributed by atoms with Crippen molar-refractivity contribution in [2.24, 2.45) is 0 Å². The molecule has 0 heterocycles. The van der Waals surface area contributed by atoms with Crippen LogP contribution in [-0.4, -0.2) is 0 Å². The molecule has 29 heavy (non-hydrogen) atoms. The first-order valence-corrected chi connectivity index (χ1v) is 11.2. The summed E-state index contributed by atoms with van der Waals surface area (Å²) >= 11 is 16.5. The summed E-state index contributed by atoms with van der Waals surface area (Å²) in [5.41, 5.74) is 2.16. The van der Waals surface area contributed by atoms with Gasteiger partial charge in [-0.1, -0.05) is 47.5 Å². The average Bonchev–Trinajstić information content (AvgIpc) is 2.67. The van der Waals surface area contributed by atoms with Gasteiger partial charge in [0.05, 0.1) is 18.8 Å². The van der Waals surface area contributed by atoms with Gasteiger partial charge in [-0.15, -0.1) is 0 Å². The van der Waals surface area contributed by atoms with Gasteiger partial charge in [0.25, 0.3) is 0 Å². The maximum atomic E-state index is 14.0. The monoisotopic (exact) mass is 649 g/mol. The Kier molecular flexibility index (Phi) is 7.79. The minimum absolute atomic E-state index is 0.260. The molecule has 0 bridgehead atoms. The van der Waals surface area contributed by atoms with E-state index in [2.05, 4.69) is 51.3 Å². The molecule has 0 aliphatic heterocycles. The second kappa shape index (κ2) is 10.1. The van der Waals surface area contributed by atoms with Crippen LogP contribution in [-0.2, 0) is 6.61 Å². The molecule has 3 aromatic carbocycles. The zero-order chi connectivity index (χ0) is 21.0. The Balaban J connectivity index is 1.87. The molecule has 0 saturated heterocycles. The highest BCUT2D eigenvalue weighted by atomic mass is 127. The Bertz CT molecular complexity index is 1120. The molecule has 0 unspecified atom stereocenters. The lowest BCUT2D eigenvalue weighted by molar-refractivity contribution is 0.302. The van der Waals surface area contributed by atoms with Gasteiger partial charge in [0.1, 0.15) is 18.2 Å². The summed E-state index contributed by atoms with van der Waals surface area (Å²) in [6.45, 7) is 0.301. The van der Waals surface area contributed by atoms with E-state index in [1.54, 1.807) is 36.4 Å². The SMILES string of the molecule is N#C/C(=C/c1cc(I)c(OCc2ccc(Cl)cc2Cl)c(I)c1)c1ccccc1F. The number of benzene rings is 3. The van der Waals surface area contributed by atoms with Crippen molar-refractivity contribution in [2.75, 3.05) is 0 Å². The van der Waals surface area contributed by atoms with Crippen molar-refractivity contribution in [3.05, 3.63) is 94.3 Å². The van der Waals surface area contributed by atoms with Gasteiger partial charge in [0, 0.05) is 21.2 Å². The van der Waals surface area contributed by atoms with E-state index in [-0.39, 0.29) is 11.1 Å². The van der Waals surface area contributed by atoms with E-state index in [1.807, 2.05) is 18.2 Å². The summed E-state index contributed by atoms with van der Waals surface area (Å²) in [5, 5.41) is 10.6. The Morgan fingerprint density at radius 1 is 1.07 bits per heavy atom. The van der Waals surface area contributed by atoms with Crippen LogP contribution < -0.4 is 4.74 Å². The molecule has 0 aliphatic carbocycles. The highest BCUT2D eigenvalue weighted by Gasteiger charge is 2.12. The molecule has 3 rings (SSSR count). The van der Waals surface area contributed by atoms with Crippen LogP contribution in [0.15, 0.2) is 54.6 Å². The summed E-state index contributed by atoms with van der Waals surface area (Å²) in [5.74, 6) is 0.295. The highest BCUT2D eigenvalue weighted by Crippen LogP contribution is 2.32. The first-order valence-electron chi connectivity index (χ1n) is 8.31. The van der Waals surface area contributed by atoms with E-state index in [9.17, 15) is 9.65 Å². The van der Waals surface area contributed by atoms with Crippen molar-refractivity contribution in [2.45, 2.75) is 6.61 Å². The lowest BCUT2D eigenvalue weighted by Gasteiger charge is -2.13. The second-order valence-corrected chi connectivity index (χ2v) is 9.16. The van der Waals surface area contributed by atoms with Crippen LogP contribution in [0.25, 0.3) is 11.6 Å². The Hall–Kier alpha value is -1.34. The molecule has 0 aromatic heterocycles. The maximum absolute atomic E-state index is 14.0. The quantitative estimate of drug-likeness (QED) is 0.160. The molecule has 3 aromatic rings. The zero-order valence-corrected chi connectivity index (χ0v) is 20.6. The topological polar surface area (TPSA) is 33.0 Å². The van der Waals surface area contributed by atoms with Crippen LogP contribution >= 0.6 is 68.4 Å². The minimum Gasteiger partial charge on any atom is -0.487 e. The fourth-order valence-electron chi connectivity index (χ4n) is 2.61. The first-order chi connectivity index (χ1) is 13.9. The number of halogens is 5. The molecule has 0 amide bonds. The van der Waals surface area contributed by atoms with Gasteiger partial charge in [-0.05, 0) is 87.2 Å². The van der Waals surface area contributed by atoms with E-state index in [4.69, 9.17) is 27.9 Å². The van der Waals surface area contributed by atoms with Gasteiger partial charge in [-0.3, -0.25) is 0 Å². The van der Waals surface area contributed by atoms with Crippen LogP contribution in [0.2, 0.25) is 10.0 Å². The van der Waals surface area contributed by atoms with Crippen LogP contribution in [0.1, 0.15) is 16.7 Å². The van der Waals surface area contributed by atoms with E-state index >= 15 is 0 Å². The third-order valence-corrected chi connectivity index (χ3v) is 6.19. The van der Waals surface area contributed by atoms with Gasteiger partial charge >= 0.3 is 0 Å². The summed E-state index contributed by atoms with van der Waals surface area (Å²) in [7, 11) is 0. The van der Waals surface area contributed by atoms with Gasteiger partial charge in [-0.2, -0.15) is 5.26 Å². The third-order valence-electron chi connectivity index (χ3n) is 4.00. The average molecular weight is 650 g/mol. The number of rotatable bonds is 5. The van der Waals surface area contributed by atoms with Gasteiger partial charge in [0.15, 0.2) is 0 Å². The molecule has 0 aliphatic rings. The number of hydrogen-bond donors (Lipinski definition) is 0. The van der Waals surface area contributed by atoms with Crippen molar-refractivity contribution in [3.63, 3.8) is 0 Å². The number of nitrogens with zero attached hydrogens (tertiary/aromatic N) is 1. The second-order valence-electron chi connectivity index (χ2n) is 5.99. The molecule has 146 valence electrons. The third kappa shape index (κ3) is 5.63. The summed E-state index contributed by atoms with van der Waals surface area (Å²) in [4.78, 5) is 0. The van der Waals surface area contributed by atoms with Crippen molar-refractivity contribution in [3.8, 4) is 11.8 Å². The molecule has 0 atom stereocenters. The molecule has 0 radical (unpaired) electrons. The lowest BCUT2D eigenvalue weighted by Crippen LogP contribution is -2.00. The Morgan fingerprint density at radius 2 is 1.76 bits per heavy atom. The van der Waals surface area contributed by atoms with E-state index in [0.717, 1.165) is 24.0 Å².